The Morgan fingerprint density at radius 2 is 1.41 bits per heavy atom. The second-order valence-corrected chi connectivity index (χ2v) is 8.38. The number of anilines is 1. The number of hydrogen-bond acceptors (Lipinski definition) is 7. The first kappa shape index (κ1) is 26.0. The van der Waals surface area contributed by atoms with Crippen molar-refractivity contribution in [3.63, 3.8) is 0 Å². The maximum atomic E-state index is 12.7. The molecule has 2 rings (SSSR count). The standard InChI is InChI=1S/C26H27N3O5/c1-25(2,3)34-22(30)17-26(28,24(32)33-4)29-23(31)20-13-9-18(10-14-20)7-5-6-8-19-11-15-21(27)16-12-19/h9-16H,17,27-28H2,1-4H3,(H,29,31). The molecule has 0 aliphatic heterocycles. The highest BCUT2D eigenvalue weighted by atomic mass is 16.6. The van der Waals surface area contributed by atoms with E-state index < -0.39 is 35.5 Å². The lowest BCUT2D eigenvalue weighted by Crippen LogP contribution is -2.63. The zero-order valence-electron chi connectivity index (χ0n) is 19.5. The van der Waals surface area contributed by atoms with E-state index in [-0.39, 0.29) is 5.56 Å². The summed E-state index contributed by atoms with van der Waals surface area (Å²) in [6, 6.07) is 13.4. The molecule has 0 radical (unpaired) electrons. The van der Waals surface area contributed by atoms with Crippen molar-refractivity contribution in [2.75, 3.05) is 12.8 Å². The van der Waals surface area contributed by atoms with E-state index in [2.05, 4.69) is 33.7 Å². The van der Waals surface area contributed by atoms with Crippen molar-refractivity contribution in [2.45, 2.75) is 38.5 Å². The van der Waals surface area contributed by atoms with Crippen molar-refractivity contribution in [3.8, 4) is 23.7 Å². The second kappa shape index (κ2) is 11.0. The number of esters is 2. The van der Waals surface area contributed by atoms with Crippen LogP contribution in [-0.2, 0) is 19.1 Å². The summed E-state index contributed by atoms with van der Waals surface area (Å²) >= 11 is 0. The third-order valence-corrected chi connectivity index (χ3v) is 4.26. The number of carbonyl (C=O) groups excluding carboxylic acids is 3. The van der Waals surface area contributed by atoms with Crippen molar-refractivity contribution < 1.29 is 23.9 Å². The molecule has 34 heavy (non-hydrogen) atoms. The molecule has 0 saturated carbocycles. The van der Waals surface area contributed by atoms with Crippen LogP contribution in [-0.4, -0.2) is 36.2 Å². The topological polar surface area (TPSA) is 134 Å². The molecule has 0 heterocycles. The van der Waals surface area contributed by atoms with E-state index in [0.717, 1.165) is 12.7 Å². The van der Waals surface area contributed by atoms with Gasteiger partial charge in [-0.3, -0.25) is 15.3 Å². The van der Waals surface area contributed by atoms with Gasteiger partial charge in [-0.2, -0.15) is 0 Å². The number of amides is 1. The lowest BCUT2D eigenvalue weighted by molar-refractivity contribution is -0.162. The molecule has 0 aromatic heterocycles. The monoisotopic (exact) mass is 461 g/mol. The van der Waals surface area contributed by atoms with Gasteiger partial charge in [0.25, 0.3) is 5.91 Å². The minimum absolute atomic E-state index is 0.210. The second-order valence-electron chi connectivity index (χ2n) is 8.38. The van der Waals surface area contributed by atoms with Crippen LogP contribution in [0, 0.1) is 23.7 Å². The van der Waals surface area contributed by atoms with Gasteiger partial charge in [0.2, 0.25) is 0 Å². The summed E-state index contributed by atoms with van der Waals surface area (Å²) in [5.74, 6) is 8.86. The van der Waals surface area contributed by atoms with Gasteiger partial charge >= 0.3 is 11.9 Å². The van der Waals surface area contributed by atoms with Crippen LogP contribution in [0.1, 0.15) is 48.7 Å². The third kappa shape index (κ3) is 8.01. The first-order valence-electron chi connectivity index (χ1n) is 10.3. The van der Waals surface area contributed by atoms with Crippen LogP contribution < -0.4 is 16.8 Å². The maximum Gasteiger partial charge on any atom is 0.347 e. The van der Waals surface area contributed by atoms with Crippen LogP contribution in [0.2, 0.25) is 0 Å². The normalized spacial score (nSPS) is 12.0. The number of nitrogens with one attached hydrogen (secondary N) is 1. The van der Waals surface area contributed by atoms with Crippen LogP contribution in [0.5, 0.6) is 0 Å². The van der Waals surface area contributed by atoms with E-state index in [4.69, 9.17) is 16.2 Å². The van der Waals surface area contributed by atoms with Gasteiger partial charge in [-0.05, 0) is 81.1 Å². The number of benzene rings is 2. The SMILES string of the molecule is COC(=O)C(N)(CC(=O)OC(C)(C)C)NC(=O)c1ccc(C#CC#Cc2ccc(N)cc2)cc1. The fourth-order valence-electron chi connectivity index (χ4n) is 2.71. The summed E-state index contributed by atoms with van der Waals surface area (Å²) in [5.41, 5.74) is 11.1. The molecule has 1 atom stereocenters. The quantitative estimate of drug-likeness (QED) is 0.268. The number of carbonyl (C=O) groups is 3. The number of hydrogen-bond donors (Lipinski definition) is 3. The van der Waals surface area contributed by atoms with Crippen LogP contribution in [0.4, 0.5) is 5.69 Å². The van der Waals surface area contributed by atoms with E-state index in [9.17, 15) is 14.4 Å². The largest absolute Gasteiger partial charge is 0.466 e. The molecule has 2 aromatic carbocycles. The van der Waals surface area contributed by atoms with Gasteiger partial charge < -0.3 is 20.5 Å². The highest BCUT2D eigenvalue weighted by molar-refractivity contribution is 5.99. The van der Waals surface area contributed by atoms with E-state index in [1.165, 1.54) is 12.1 Å². The first-order chi connectivity index (χ1) is 15.9. The molecule has 0 aliphatic carbocycles. The molecule has 0 spiro atoms. The van der Waals surface area contributed by atoms with Gasteiger partial charge in [0.15, 0.2) is 5.66 Å². The summed E-state index contributed by atoms with van der Waals surface area (Å²) in [6.07, 6.45) is -0.598. The molecule has 0 bridgehead atoms. The summed E-state index contributed by atoms with van der Waals surface area (Å²) in [5, 5.41) is 2.37. The number of nitrogens with two attached hydrogens (primary N) is 2. The maximum absolute atomic E-state index is 12.7. The van der Waals surface area contributed by atoms with Crippen molar-refractivity contribution in [1.29, 1.82) is 0 Å². The molecule has 0 saturated heterocycles. The Morgan fingerprint density at radius 1 is 0.912 bits per heavy atom. The zero-order chi connectivity index (χ0) is 25.4. The summed E-state index contributed by atoms with van der Waals surface area (Å²) in [7, 11) is 1.11. The van der Waals surface area contributed by atoms with Gasteiger partial charge in [0, 0.05) is 22.4 Å². The molecule has 8 nitrogen and oxygen atoms in total. The highest BCUT2D eigenvalue weighted by Crippen LogP contribution is 2.14. The average molecular weight is 462 g/mol. The zero-order valence-corrected chi connectivity index (χ0v) is 19.5. The molecule has 176 valence electrons. The Morgan fingerprint density at radius 3 is 1.88 bits per heavy atom. The molecule has 5 N–H and O–H groups in total. The van der Waals surface area contributed by atoms with Crippen LogP contribution in [0.3, 0.4) is 0 Å². The molecule has 8 heteroatoms. The molecule has 0 aliphatic rings. The Balaban J connectivity index is 2.09. The molecule has 0 fully saturated rings. The van der Waals surface area contributed by atoms with E-state index >= 15 is 0 Å². The van der Waals surface area contributed by atoms with Crippen LogP contribution >= 0.6 is 0 Å². The lowest BCUT2D eigenvalue weighted by atomic mass is 10.1. The fraction of sp³-hybridized carbons (Fsp3) is 0.269. The minimum atomic E-state index is -2.09. The Bertz CT molecular complexity index is 1170. The smallest absolute Gasteiger partial charge is 0.347 e. The summed E-state index contributed by atoms with van der Waals surface area (Å²) < 4.78 is 9.87. The van der Waals surface area contributed by atoms with Gasteiger partial charge in [-0.1, -0.05) is 11.8 Å². The molecule has 2 aromatic rings. The van der Waals surface area contributed by atoms with Crippen molar-refractivity contribution in [2.24, 2.45) is 5.73 Å². The fourth-order valence-corrected chi connectivity index (χ4v) is 2.71. The van der Waals surface area contributed by atoms with E-state index in [1.54, 1.807) is 57.2 Å². The van der Waals surface area contributed by atoms with Gasteiger partial charge in [0.1, 0.15) is 5.60 Å². The van der Waals surface area contributed by atoms with Crippen LogP contribution in [0.15, 0.2) is 48.5 Å². The van der Waals surface area contributed by atoms with Crippen molar-refractivity contribution >= 4 is 23.5 Å². The van der Waals surface area contributed by atoms with Crippen molar-refractivity contribution in [1.82, 2.24) is 5.32 Å². The Hall–Kier alpha value is -4.27. The Labute approximate surface area is 199 Å². The van der Waals surface area contributed by atoms with Crippen LogP contribution in [0.25, 0.3) is 0 Å². The predicted octanol–water partition coefficient (Wildman–Crippen LogP) is 1.96. The van der Waals surface area contributed by atoms with Gasteiger partial charge in [0.05, 0.1) is 13.5 Å². The minimum Gasteiger partial charge on any atom is -0.466 e. The predicted molar refractivity (Wildman–Crippen MR) is 128 cm³/mol. The summed E-state index contributed by atoms with van der Waals surface area (Å²) in [4.78, 5) is 37.1. The third-order valence-electron chi connectivity index (χ3n) is 4.26. The molecule has 1 amide bonds. The van der Waals surface area contributed by atoms with Gasteiger partial charge in [-0.15, -0.1) is 0 Å². The van der Waals surface area contributed by atoms with E-state index in [1.807, 2.05) is 0 Å². The highest BCUT2D eigenvalue weighted by Gasteiger charge is 2.41. The number of methoxy groups -OCH3 is 1. The van der Waals surface area contributed by atoms with Crippen molar-refractivity contribution in [3.05, 3.63) is 65.2 Å². The lowest BCUT2D eigenvalue weighted by Gasteiger charge is -2.28. The molecular formula is C26H27N3O5. The average Bonchev–Trinajstić information content (AvgIpc) is 2.76. The summed E-state index contributed by atoms with van der Waals surface area (Å²) in [6.45, 7) is 5.02. The number of rotatable bonds is 5. The van der Waals surface area contributed by atoms with E-state index in [0.29, 0.717) is 11.3 Å². The number of nitrogen functional groups attached to an aromatic ring is 1. The number of ether oxygens (including phenoxy) is 2. The Kier molecular flexibility index (Phi) is 8.44. The first-order valence-corrected chi connectivity index (χ1v) is 10.3. The molecular weight excluding hydrogens is 434 g/mol. The molecule has 1 unspecified atom stereocenters. The van der Waals surface area contributed by atoms with Gasteiger partial charge in [-0.25, -0.2) is 4.79 Å².